The number of carbonyl (C=O) groups is 2. The van der Waals surface area contributed by atoms with Crippen LogP contribution in [0, 0.1) is 6.92 Å². The highest BCUT2D eigenvalue weighted by Gasteiger charge is 2.24. The molecule has 0 saturated heterocycles. The Hall–Kier alpha value is -3.00. The zero-order valence-corrected chi connectivity index (χ0v) is 15.7. The normalized spacial score (nSPS) is 11.9. The van der Waals surface area contributed by atoms with Gasteiger partial charge in [-0.05, 0) is 25.0 Å². The molecule has 8 heteroatoms. The van der Waals surface area contributed by atoms with E-state index in [0.29, 0.717) is 32.9 Å². The van der Waals surface area contributed by atoms with Crippen molar-refractivity contribution < 1.29 is 19.4 Å². The molecule has 2 heterocycles. The number of nitrogens with one attached hydrogen (secondary N) is 1. The summed E-state index contributed by atoms with van der Waals surface area (Å²) in [7, 11) is 0. The lowest BCUT2D eigenvalue weighted by Gasteiger charge is -2.16. The number of benzene rings is 1. The number of aliphatic carboxylic acids is 1. The van der Waals surface area contributed by atoms with Crippen LogP contribution in [0.5, 0.6) is 0 Å². The summed E-state index contributed by atoms with van der Waals surface area (Å²) in [4.78, 5) is 33.4. The zero-order valence-electron chi connectivity index (χ0n) is 14.9. The van der Waals surface area contributed by atoms with Gasteiger partial charge in [-0.2, -0.15) is 0 Å². The summed E-state index contributed by atoms with van der Waals surface area (Å²) in [6, 6.07) is 8.50. The summed E-state index contributed by atoms with van der Waals surface area (Å²) in [6.45, 7) is 3.81. The Kier molecular flexibility index (Phi) is 5.66. The molecule has 0 unspecified atom stereocenters. The van der Waals surface area contributed by atoms with E-state index in [-0.39, 0.29) is 6.61 Å². The van der Waals surface area contributed by atoms with Crippen LogP contribution in [0.15, 0.2) is 36.7 Å². The molecule has 3 rings (SSSR count). The largest absolute Gasteiger partial charge is 0.480 e. The third-order valence-electron chi connectivity index (χ3n) is 4.08. The van der Waals surface area contributed by atoms with Crippen molar-refractivity contribution in [3.05, 3.63) is 52.7 Å². The van der Waals surface area contributed by atoms with Gasteiger partial charge in [0.05, 0.1) is 12.0 Å². The minimum absolute atomic E-state index is 0.279. The molecule has 2 N–H and O–H groups in total. The predicted octanol–water partition coefficient (Wildman–Crippen LogP) is 3.28. The Morgan fingerprint density at radius 2 is 2.00 bits per heavy atom. The van der Waals surface area contributed by atoms with Crippen LogP contribution in [-0.4, -0.2) is 39.7 Å². The van der Waals surface area contributed by atoms with E-state index in [2.05, 4.69) is 15.3 Å². The molecular formula is C19H19N3O4S. The number of carbonyl (C=O) groups excluding carboxylic acids is 1. The molecule has 0 fully saturated rings. The van der Waals surface area contributed by atoms with E-state index in [4.69, 9.17) is 4.74 Å². The van der Waals surface area contributed by atoms with Crippen LogP contribution in [0.2, 0.25) is 0 Å². The maximum Gasteiger partial charge on any atom is 0.348 e. The molecule has 0 amide bonds. The lowest BCUT2D eigenvalue weighted by molar-refractivity contribution is -0.137. The average molecular weight is 385 g/mol. The van der Waals surface area contributed by atoms with Crippen LogP contribution in [0.3, 0.4) is 0 Å². The number of hydrogen-bond acceptors (Lipinski definition) is 7. The summed E-state index contributed by atoms with van der Waals surface area (Å²) >= 11 is 1.21. The quantitative estimate of drug-likeness (QED) is 0.602. The van der Waals surface area contributed by atoms with Crippen molar-refractivity contribution in [2.24, 2.45) is 0 Å². The first kappa shape index (κ1) is 18.8. The highest BCUT2D eigenvalue weighted by Crippen LogP contribution is 2.34. The molecule has 0 aliphatic carbocycles. The van der Waals surface area contributed by atoms with Crippen LogP contribution < -0.4 is 5.32 Å². The van der Waals surface area contributed by atoms with Crippen LogP contribution in [0.1, 0.15) is 27.7 Å². The zero-order chi connectivity index (χ0) is 19.4. The molecule has 0 bridgehead atoms. The Labute approximate surface area is 160 Å². The number of aryl methyl sites for hydroxylation is 1. The SMILES string of the molecule is CCOC(=O)c1sc2ncnc(N[C@@H](Cc3ccccc3)C(=O)O)c2c1C. The molecule has 140 valence electrons. The third-order valence-corrected chi connectivity index (χ3v) is 5.26. The van der Waals surface area contributed by atoms with Crippen molar-refractivity contribution >= 4 is 39.3 Å². The maximum atomic E-state index is 12.1. The monoisotopic (exact) mass is 385 g/mol. The standard InChI is InChI=1S/C19H19N3O4S/c1-3-26-19(25)15-11(2)14-16(20-10-21-17(14)27-15)22-13(18(23)24)9-12-7-5-4-6-8-12/h4-8,10,13H,3,9H2,1-2H3,(H,23,24)(H,20,21,22)/t13-/m0/s1. The van der Waals surface area contributed by atoms with Gasteiger partial charge in [-0.3, -0.25) is 0 Å². The number of esters is 1. The summed E-state index contributed by atoms with van der Waals surface area (Å²) in [5, 5.41) is 13.3. The molecule has 1 atom stereocenters. The number of ether oxygens (including phenoxy) is 1. The molecule has 0 aliphatic heterocycles. The van der Waals surface area contributed by atoms with Crippen molar-refractivity contribution in [1.82, 2.24) is 9.97 Å². The minimum Gasteiger partial charge on any atom is -0.480 e. The number of rotatable bonds is 7. The van der Waals surface area contributed by atoms with Gasteiger partial charge in [0, 0.05) is 6.42 Å². The minimum atomic E-state index is -0.982. The van der Waals surface area contributed by atoms with Crippen molar-refractivity contribution in [3.8, 4) is 0 Å². The second kappa shape index (κ2) is 8.13. The fraction of sp³-hybridized carbons (Fsp3) is 0.263. The number of fused-ring (bicyclic) bond motifs is 1. The van der Waals surface area contributed by atoms with Crippen molar-refractivity contribution in [3.63, 3.8) is 0 Å². The van der Waals surface area contributed by atoms with Crippen molar-refractivity contribution in [1.29, 1.82) is 0 Å². The molecule has 1 aromatic carbocycles. The molecule has 3 aromatic rings. The fourth-order valence-corrected chi connectivity index (χ4v) is 3.83. The number of carboxylic acid groups (broad SMARTS) is 1. The van der Waals surface area contributed by atoms with E-state index in [1.54, 1.807) is 13.8 Å². The van der Waals surface area contributed by atoms with E-state index in [9.17, 15) is 14.7 Å². The predicted molar refractivity (Wildman–Crippen MR) is 103 cm³/mol. The topological polar surface area (TPSA) is 101 Å². The van der Waals surface area contributed by atoms with E-state index in [1.165, 1.54) is 17.7 Å². The van der Waals surface area contributed by atoms with Gasteiger partial charge < -0.3 is 15.2 Å². The van der Waals surface area contributed by atoms with Crippen molar-refractivity contribution in [2.45, 2.75) is 26.3 Å². The van der Waals surface area contributed by atoms with E-state index >= 15 is 0 Å². The smallest absolute Gasteiger partial charge is 0.348 e. The number of carboxylic acids is 1. The van der Waals surface area contributed by atoms with Crippen molar-refractivity contribution in [2.75, 3.05) is 11.9 Å². The molecule has 7 nitrogen and oxygen atoms in total. The summed E-state index contributed by atoms with van der Waals surface area (Å²) < 4.78 is 5.09. The number of thiophene rings is 1. The van der Waals surface area contributed by atoms with E-state index in [1.807, 2.05) is 30.3 Å². The summed E-state index contributed by atoms with van der Waals surface area (Å²) in [5.41, 5.74) is 1.58. The van der Waals surface area contributed by atoms with Gasteiger partial charge in [-0.15, -0.1) is 11.3 Å². The maximum absolute atomic E-state index is 12.1. The van der Waals surface area contributed by atoms with Gasteiger partial charge in [0.1, 0.15) is 27.9 Å². The number of anilines is 1. The van der Waals surface area contributed by atoms with Crippen LogP contribution in [-0.2, 0) is 16.0 Å². The molecule has 0 radical (unpaired) electrons. The number of aromatic nitrogens is 2. The molecule has 0 spiro atoms. The van der Waals surface area contributed by atoms with Gasteiger partial charge in [-0.1, -0.05) is 30.3 Å². The van der Waals surface area contributed by atoms with Gasteiger partial charge >= 0.3 is 11.9 Å². The molecular weight excluding hydrogens is 366 g/mol. The molecule has 27 heavy (non-hydrogen) atoms. The first-order chi connectivity index (χ1) is 13.0. The van der Waals surface area contributed by atoms with Gasteiger partial charge in [-0.25, -0.2) is 19.6 Å². The Morgan fingerprint density at radius 1 is 1.26 bits per heavy atom. The highest BCUT2D eigenvalue weighted by molar-refractivity contribution is 7.20. The molecule has 2 aromatic heterocycles. The summed E-state index contributed by atoms with van der Waals surface area (Å²) in [5.74, 6) is -1.00. The van der Waals surface area contributed by atoms with Crippen LogP contribution in [0.4, 0.5) is 5.82 Å². The first-order valence-electron chi connectivity index (χ1n) is 8.45. The van der Waals surface area contributed by atoms with E-state index < -0.39 is 18.0 Å². The Bertz CT molecular complexity index is 972. The van der Waals surface area contributed by atoms with Crippen LogP contribution >= 0.6 is 11.3 Å². The molecule has 0 aliphatic rings. The fourth-order valence-electron chi connectivity index (χ4n) is 2.79. The average Bonchev–Trinajstić information content (AvgIpc) is 3.00. The Morgan fingerprint density at radius 3 is 2.67 bits per heavy atom. The third kappa shape index (κ3) is 4.06. The van der Waals surface area contributed by atoms with Crippen LogP contribution in [0.25, 0.3) is 10.2 Å². The second-order valence-electron chi connectivity index (χ2n) is 5.90. The summed E-state index contributed by atoms with van der Waals surface area (Å²) in [6.07, 6.45) is 1.66. The van der Waals surface area contributed by atoms with Gasteiger partial charge in [0.2, 0.25) is 0 Å². The lowest BCUT2D eigenvalue weighted by Crippen LogP contribution is -2.32. The van der Waals surface area contributed by atoms with E-state index in [0.717, 1.165) is 5.56 Å². The van der Waals surface area contributed by atoms with Gasteiger partial charge in [0.25, 0.3) is 0 Å². The first-order valence-corrected chi connectivity index (χ1v) is 9.27. The number of hydrogen-bond donors (Lipinski definition) is 2. The highest BCUT2D eigenvalue weighted by atomic mass is 32.1. The Balaban J connectivity index is 1.95. The van der Waals surface area contributed by atoms with Gasteiger partial charge in [0.15, 0.2) is 0 Å². The molecule has 0 saturated carbocycles. The number of nitrogens with zero attached hydrogens (tertiary/aromatic N) is 2. The second-order valence-corrected chi connectivity index (χ2v) is 6.90. The lowest BCUT2D eigenvalue weighted by atomic mass is 10.1.